The van der Waals surface area contributed by atoms with Gasteiger partial charge in [-0.05, 0) is 51.0 Å². The summed E-state index contributed by atoms with van der Waals surface area (Å²) in [5, 5.41) is 7.68. The van der Waals surface area contributed by atoms with Crippen molar-refractivity contribution in [3.63, 3.8) is 0 Å². The Morgan fingerprint density at radius 2 is 1.92 bits per heavy atom. The molecule has 2 spiro atoms. The molecule has 0 atom stereocenters. The van der Waals surface area contributed by atoms with E-state index in [1.54, 1.807) is 6.20 Å². The van der Waals surface area contributed by atoms with E-state index in [0.29, 0.717) is 22.9 Å². The van der Waals surface area contributed by atoms with Crippen LogP contribution in [0.3, 0.4) is 0 Å². The van der Waals surface area contributed by atoms with E-state index in [4.69, 9.17) is 9.47 Å². The SMILES string of the molecule is c1cc(-c2cnc(Nc3ncc(CN4CCNC5(CCC5)C4)cn3)s2)nc(OC2CCC3(CC2)COC3)n1. The summed E-state index contributed by atoms with van der Waals surface area (Å²) in [4.78, 5) is 26.1. The predicted octanol–water partition coefficient (Wildman–Crippen LogP) is 3.80. The van der Waals surface area contributed by atoms with E-state index in [2.05, 4.69) is 40.5 Å². The summed E-state index contributed by atoms with van der Waals surface area (Å²) in [5.41, 5.74) is 2.69. The van der Waals surface area contributed by atoms with E-state index in [-0.39, 0.29) is 6.10 Å². The van der Waals surface area contributed by atoms with E-state index in [9.17, 15) is 0 Å². The third-order valence-corrected chi connectivity index (χ3v) is 9.50. The molecule has 3 aromatic rings. The second-order valence-corrected chi connectivity index (χ2v) is 12.4. The highest BCUT2D eigenvalue weighted by Gasteiger charge is 2.42. The van der Waals surface area contributed by atoms with Crippen LogP contribution in [0.2, 0.25) is 0 Å². The standard InChI is InChI=1S/C27H34N8O2S/c1-5-27(6-1)16-35(11-10-32-27)15-19-12-29-23(30-13-19)34-25-31-14-22(38-25)21-4-9-28-24(33-21)37-20-2-7-26(8-3-20)17-36-18-26/h4,9,12-14,20,32H,1-3,5-8,10-11,15-18H2,(H,29,30,31,34). The summed E-state index contributed by atoms with van der Waals surface area (Å²) >= 11 is 1.51. The quantitative estimate of drug-likeness (QED) is 0.464. The van der Waals surface area contributed by atoms with Gasteiger partial charge in [0.2, 0.25) is 5.95 Å². The van der Waals surface area contributed by atoms with Gasteiger partial charge < -0.3 is 20.1 Å². The summed E-state index contributed by atoms with van der Waals surface area (Å²) < 4.78 is 11.6. The Hall–Kier alpha value is -2.73. The normalized spacial score (nSPS) is 22.6. The number of ether oxygens (including phenoxy) is 2. The van der Waals surface area contributed by atoms with Crippen molar-refractivity contribution in [1.29, 1.82) is 0 Å². The number of hydrogen-bond donors (Lipinski definition) is 2. The highest BCUT2D eigenvalue weighted by Crippen LogP contribution is 2.43. The van der Waals surface area contributed by atoms with Gasteiger partial charge in [-0.15, -0.1) is 0 Å². The van der Waals surface area contributed by atoms with Crippen LogP contribution in [0.5, 0.6) is 6.01 Å². The first-order chi connectivity index (χ1) is 18.6. The van der Waals surface area contributed by atoms with Crippen LogP contribution in [0, 0.1) is 5.41 Å². The minimum atomic E-state index is 0.168. The maximum atomic E-state index is 6.15. The molecular formula is C27H34N8O2S. The van der Waals surface area contributed by atoms with Gasteiger partial charge in [-0.25, -0.2) is 19.9 Å². The second-order valence-electron chi connectivity index (χ2n) is 11.4. The largest absolute Gasteiger partial charge is 0.460 e. The number of hydrogen-bond acceptors (Lipinski definition) is 11. The summed E-state index contributed by atoms with van der Waals surface area (Å²) in [5.74, 6) is 0.545. The molecule has 2 saturated carbocycles. The van der Waals surface area contributed by atoms with Gasteiger partial charge in [0.15, 0.2) is 5.13 Å². The second kappa shape index (κ2) is 10.1. The Kier molecular flexibility index (Phi) is 6.47. The first-order valence-corrected chi connectivity index (χ1v) is 14.6. The van der Waals surface area contributed by atoms with Crippen LogP contribution in [-0.4, -0.2) is 74.3 Å². The maximum Gasteiger partial charge on any atom is 0.317 e. The molecule has 5 heterocycles. The van der Waals surface area contributed by atoms with Gasteiger partial charge in [0.25, 0.3) is 0 Å². The highest BCUT2D eigenvalue weighted by atomic mass is 32.1. The molecule has 2 N–H and O–H groups in total. The van der Waals surface area contributed by atoms with E-state index in [1.807, 2.05) is 24.7 Å². The Labute approximate surface area is 226 Å². The average Bonchev–Trinajstić information content (AvgIpc) is 3.37. The first-order valence-electron chi connectivity index (χ1n) is 13.7. The molecule has 0 radical (unpaired) electrons. The predicted molar refractivity (Wildman–Crippen MR) is 144 cm³/mol. The smallest absolute Gasteiger partial charge is 0.317 e. The number of piperazine rings is 1. The van der Waals surface area contributed by atoms with Gasteiger partial charge in [0.1, 0.15) is 6.10 Å². The summed E-state index contributed by atoms with van der Waals surface area (Å²) in [6, 6.07) is 2.32. The van der Waals surface area contributed by atoms with Crippen molar-refractivity contribution < 1.29 is 9.47 Å². The molecule has 38 heavy (non-hydrogen) atoms. The zero-order valence-corrected chi connectivity index (χ0v) is 22.4. The number of thiazole rings is 1. The fraction of sp³-hybridized carbons (Fsp3) is 0.593. The topological polar surface area (TPSA) is 110 Å². The lowest BCUT2D eigenvalue weighted by molar-refractivity contribution is -0.140. The Morgan fingerprint density at radius 1 is 1.08 bits per heavy atom. The van der Waals surface area contributed by atoms with Crippen LogP contribution in [0.15, 0.2) is 30.9 Å². The summed E-state index contributed by atoms with van der Waals surface area (Å²) in [6.45, 7) is 5.93. The van der Waals surface area contributed by atoms with Crippen LogP contribution in [0.4, 0.5) is 11.1 Å². The Balaban J connectivity index is 0.941. The maximum absolute atomic E-state index is 6.15. The summed E-state index contributed by atoms with van der Waals surface area (Å²) in [6.07, 6.45) is 15.8. The Bertz CT molecular complexity index is 1250. The number of rotatable bonds is 7. The van der Waals surface area contributed by atoms with Crippen molar-refractivity contribution in [2.24, 2.45) is 5.41 Å². The molecule has 0 amide bonds. The molecule has 11 heteroatoms. The van der Waals surface area contributed by atoms with Gasteiger partial charge in [0, 0.05) is 67.5 Å². The minimum Gasteiger partial charge on any atom is -0.460 e. The van der Waals surface area contributed by atoms with Gasteiger partial charge in [0.05, 0.1) is 23.8 Å². The zero-order valence-electron chi connectivity index (χ0n) is 21.6. The lowest BCUT2D eigenvalue weighted by Gasteiger charge is -2.49. The van der Waals surface area contributed by atoms with Crippen molar-refractivity contribution in [2.75, 3.05) is 38.2 Å². The first kappa shape index (κ1) is 24.3. The van der Waals surface area contributed by atoms with Crippen molar-refractivity contribution in [1.82, 2.24) is 35.1 Å². The molecule has 200 valence electrons. The average molecular weight is 535 g/mol. The minimum absolute atomic E-state index is 0.168. The third-order valence-electron chi connectivity index (χ3n) is 8.57. The van der Waals surface area contributed by atoms with Gasteiger partial charge in [-0.3, -0.25) is 4.90 Å². The van der Waals surface area contributed by atoms with Gasteiger partial charge in [-0.2, -0.15) is 4.98 Å². The Morgan fingerprint density at radius 3 is 2.66 bits per heavy atom. The van der Waals surface area contributed by atoms with Crippen molar-refractivity contribution in [3.8, 4) is 16.6 Å². The number of nitrogens with one attached hydrogen (secondary N) is 2. The fourth-order valence-corrected chi connectivity index (χ4v) is 6.89. The molecule has 2 aliphatic carbocycles. The van der Waals surface area contributed by atoms with Crippen LogP contribution in [0.25, 0.3) is 10.6 Å². The molecule has 4 aliphatic rings. The molecular weight excluding hydrogens is 500 g/mol. The molecule has 7 rings (SSSR count). The molecule has 3 aromatic heterocycles. The molecule has 10 nitrogen and oxygen atoms in total. The number of anilines is 2. The fourth-order valence-electron chi connectivity index (χ4n) is 6.11. The van der Waals surface area contributed by atoms with Gasteiger partial charge >= 0.3 is 6.01 Å². The van der Waals surface area contributed by atoms with Crippen LogP contribution in [-0.2, 0) is 11.3 Å². The molecule has 2 aliphatic heterocycles. The van der Waals surface area contributed by atoms with E-state index >= 15 is 0 Å². The van der Waals surface area contributed by atoms with Gasteiger partial charge in [-0.1, -0.05) is 11.3 Å². The zero-order chi connectivity index (χ0) is 25.4. The third kappa shape index (κ3) is 5.12. The highest BCUT2D eigenvalue weighted by molar-refractivity contribution is 7.18. The molecule has 0 aromatic carbocycles. The number of nitrogens with zero attached hydrogens (tertiary/aromatic N) is 6. The number of aromatic nitrogens is 5. The summed E-state index contributed by atoms with van der Waals surface area (Å²) in [7, 11) is 0. The van der Waals surface area contributed by atoms with E-state index in [1.165, 1.54) is 30.6 Å². The lowest BCUT2D eigenvalue weighted by Crippen LogP contribution is -2.63. The molecule has 2 saturated heterocycles. The molecule has 0 bridgehead atoms. The molecule has 0 unspecified atom stereocenters. The molecule has 4 fully saturated rings. The monoisotopic (exact) mass is 534 g/mol. The van der Waals surface area contributed by atoms with Crippen LogP contribution in [0.1, 0.15) is 50.5 Å². The van der Waals surface area contributed by atoms with Crippen molar-refractivity contribution in [3.05, 3.63) is 36.4 Å². The van der Waals surface area contributed by atoms with Crippen LogP contribution >= 0.6 is 11.3 Å². The van der Waals surface area contributed by atoms with Crippen LogP contribution < -0.4 is 15.4 Å². The lowest BCUT2D eigenvalue weighted by atomic mass is 9.72. The van der Waals surface area contributed by atoms with E-state index < -0.39 is 0 Å². The van der Waals surface area contributed by atoms with Crippen molar-refractivity contribution >= 4 is 22.4 Å². The van der Waals surface area contributed by atoms with E-state index in [0.717, 1.165) is 86.3 Å². The van der Waals surface area contributed by atoms with Crippen molar-refractivity contribution in [2.45, 2.75) is 63.1 Å².